The first-order chi connectivity index (χ1) is 8.00. The summed E-state index contributed by atoms with van der Waals surface area (Å²) >= 11 is 0. The Balaban J connectivity index is 2.47. The minimum Gasteiger partial charge on any atom is -0.399 e. The summed E-state index contributed by atoms with van der Waals surface area (Å²) in [5, 5.41) is 0. The fraction of sp³-hybridized carbons (Fsp3) is 0. The lowest BCUT2D eigenvalue weighted by Gasteiger charge is -2.00. The molecule has 1 aliphatic heterocycles. The molecule has 0 aromatic heterocycles. The first-order valence-corrected chi connectivity index (χ1v) is 6.53. The molecule has 0 atom stereocenters. The van der Waals surface area contributed by atoms with Crippen molar-refractivity contribution in [2.24, 2.45) is 0 Å². The van der Waals surface area contributed by atoms with Crippen LogP contribution < -0.4 is 11.5 Å². The van der Waals surface area contributed by atoms with Crippen LogP contribution in [0.15, 0.2) is 46.2 Å². The molecule has 0 aliphatic carbocycles. The standard InChI is InChI=1S/C12H10N2O2S/c13-7-2-4-11-10(5-7)9-3-1-8(14)6-12(9)17(11,15)16/h1-6H,13-14H2. The minimum absolute atomic E-state index is 0.262. The molecule has 2 aromatic carbocycles. The molecule has 0 unspecified atom stereocenters. The van der Waals surface area contributed by atoms with E-state index in [9.17, 15) is 8.42 Å². The monoisotopic (exact) mass is 246 g/mol. The van der Waals surface area contributed by atoms with E-state index in [0.29, 0.717) is 27.4 Å². The molecule has 0 radical (unpaired) electrons. The third-order valence-electron chi connectivity index (χ3n) is 2.88. The Kier molecular flexibility index (Phi) is 1.80. The lowest BCUT2D eigenvalue weighted by Crippen LogP contribution is -1.97. The van der Waals surface area contributed by atoms with Crippen LogP contribution in [0.4, 0.5) is 11.4 Å². The quantitative estimate of drug-likeness (QED) is 0.591. The summed E-state index contributed by atoms with van der Waals surface area (Å²) in [6.07, 6.45) is 0. The van der Waals surface area contributed by atoms with Gasteiger partial charge < -0.3 is 11.5 Å². The maximum Gasteiger partial charge on any atom is 0.207 e. The van der Waals surface area contributed by atoms with E-state index in [-0.39, 0.29) is 4.90 Å². The second-order valence-corrected chi connectivity index (χ2v) is 5.90. The normalized spacial score (nSPS) is 15.3. The number of rotatable bonds is 0. The molecule has 0 saturated heterocycles. The molecule has 3 rings (SSSR count). The van der Waals surface area contributed by atoms with Gasteiger partial charge in [-0.25, -0.2) is 8.42 Å². The summed E-state index contributed by atoms with van der Waals surface area (Å²) in [7, 11) is -3.44. The predicted molar refractivity (Wildman–Crippen MR) is 66.2 cm³/mol. The number of anilines is 2. The van der Waals surface area contributed by atoms with Crippen molar-refractivity contribution in [3.8, 4) is 11.1 Å². The summed E-state index contributed by atoms with van der Waals surface area (Å²) in [5.74, 6) is 0. The number of hydrogen-bond donors (Lipinski definition) is 2. The van der Waals surface area contributed by atoms with Crippen LogP contribution in [-0.2, 0) is 9.84 Å². The molecule has 0 amide bonds. The first-order valence-electron chi connectivity index (χ1n) is 5.04. The molecule has 0 bridgehead atoms. The highest BCUT2D eigenvalue weighted by molar-refractivity contribution is 7.92. The van der Waals surface area contributed by atoms with Crippen LogP contribution in [0, 0.1) is 0 Å². The topological polar surface area (TPSA) is 86.2 Å². The van der Waals surface area contributed by atoms with Crippen molar-refractivity contribution >= 4 is 21.2 Å². The summed E-state index contributed by atoms with van der Waals surface area (Å²) in [6, 6.07) is 9.69. The number of hydrogen-bond acceptors (Lipinski definition) is 4. The Hall–Kier alpha value is -2.01. The summed E-state index contributed by atoms with van der Waals surface area (Å²) < 4.78 is 24.5. The number of sulfone groups is 1. The molecule has 86 valence electrons. The highest BCUT2D eigenvalue weighted by Gasteiger charge is 2.32. The molecule has 1 heterocycles. The largest absolute Gasteiger partial charge is 0.399 e. The minimum atomic E-state index is -3.44. The van der Waals surface area contributed by atoms with Gasteiger partial charge in [-0.05, 0) is 30.3 Å². The van der Waals surface area contributed by atoms with E-state index in [0.717, 1.165) is 0 Å². The zero-order valence-electron chi connectivity index (χ0n) is 8.84. The average molecular weight is 246 g/mol. The Morgan fingerprint density at radius 3 is 2.18 bits per heavy atom. The number of nitrogen functional groups attached to an aromatic ring is 2. The van der Waals surface area contributed by atoms with Gasteiger partial charge in [0.2, 0.25) is 9.84 Å². The molecule has 4 nitrogen and oxygen atoms in total. The first kappa shape index (κ1) is 10.2. The predicted octanol–water partition coefficient (Wildman–Crippen LogP) is 1.66. The number of nitrogens with two attached hydrogens (primary N) is 2. The van der Waals surface area contributed by atoms with Crippen molar-refractivity contribution in [2.75, 3.05) is 11.5 Å². The Bertz CT molecular complexity index is 736. The van der Waals surface area contributed by atoms with Gasteiger partial charge in [0.25, 0.3) is 0 Å². The maximum absolute atomic E-state index is 12.2. The van der Waals surface area contributed by atoms with Crippen LogP contribution in [0.25, 0.3) is 11.1 Å². The van der Waals surface area contributed by atoms with Gasteiger partial charge in [0, 0.05) is 22.5 Å². The van der Waals surface area contributed by atoms with E-state index in [4.69, 9.17) is 11.5 Å². The van der Waals surface area contributed by atoms with Crippen LogP contribution in [0.1, 0.15) is 0 Å². The van der Waals surface area contributed by atoms with Gasteiger partial charge in [-0.15, -0.1) is 0 Å². The van der Waals surface area contributed by atoms with Crippen LogP contribution in [0.5, 0.6) is 0 Å². The van der Waals surface area contributed by atoms with Crippen molar-refractivity contribution in [3.05, 3.63) is 36.4 Å². The van der Waals surface area contributed by atoms with Gasteiger partial charge in [-0.2, -0.15) is 0 Å². The molecule has 0 spiro atoms. The van der Waals surface area contributed by atoms with Crippen molar-refractivity contribution in [1.82, 2.24) is 0 Å². The number of fused-ring (bicyclic) bond motifs is 3. The van der Waals surface area contributed by atoms with E-state index in [1.807, 2.05) is 0 Å². The maximum atomic E-state index is 12.2. The second kappa shape index (κ2) is 3.01. The highest BCUT2D eigenvalue weighted by atomic mass is 32.2. The molecule has 17 heavy (non-hydrogen) atoms. The SMILES string of the molecule is Nc1ccc2c(c1)-c1ccc(N)cc1S2(=O)=O. The van der Waals surface area contributed by atoms with Gasteiger partial charge in [-0.3, -0.25) is 0 Å². The van der Waals surface area contributed by atoms with Crippen molar-refractivity contribution in [2.45, 2.75) is 9.79 Å². The van der Waals surface area contributed by atoms with Crippen molar-refractivity contribution < 1.29 is 8.42 Å². The third-order valence-corrected chi connectivity index (χ3v) is 4.73. The summed E-state index contributed by atoms with van der Waals surface area (Å²) in [6.45, 7) is 0. The van der Waals surface area contributed by atoms with Gasteiger partial charge in [0.15, 0.2) is 0 Å². The molecular weight excluding hydrogens is 236 g/mol. The molecule has 5 heteroatoms. The van der Waals surface area contributed by atoms with Crippen molar-refractivity contribution in [1.29, 1.82) is 0 Å². The zero-order valence-corrected chi connectivity index (χ0v) is 9.66. The van der Waals surface area contributed by atoms with Crippen LogP contribution in [0.2, 0.25) is 0 Å². The molecule has 0 fully saturated rings. The van der Waals surface area contributed by atoms with Crippen molar-refractivity contribution in [3.63, 3.8) is 0 Å². The molecule has 4 N–H and O–H groups in total. The van der Waals surface area contributed by atoms with E-state index in [1.54, 1.807) is 24.3 Å². The Morgan fingerprint density at radius 1 is 0.765 bits per heavy atom. The molecular formula is C12H10N2O2S. The average Bonchev–Trinajstić information content (AvgIpc) is 2.48. The summed E-state index contributed by atoms with van der Waals surface area (Å²) in [5.41, 5.74) is 13.6. The smallest absolute Gasteiger partial charge is 0.207 e. The van der Waals surface area contributed by atoms with Crippen LogP contribution in [-0.4, -0.2) is 8.42 Å². The van der Waals surface area contributed by atoms with Gasteiger partial charge in [-0.1, -0.05) is 6.07 Å². The molecule has 1 aliphatic rings. The molecule has 2 aromatic rings. The van der Waals surface area contributed by atoms with E-state index < -0.39 is 9.84 Å². The van der Waals surface area contributed by atoms with Crippen LogP contribution in [0.3, 0.4) is 0 Å². The fourth-order valence-corrected chi connectivity index (χ4v) is 3.80. The summed E-state index contributed by atoms with van der Waals surface area (Å²) in [4.78, 5) is 0.561. The van der Waals surface area contributed by atoms with E-state index >= 15 is 0 Å². The zero-order chi connectivity index (χ0) is 12.2. The fourth-order valence-electron chi connectivity index (χ4n) is 2.09. The Morgan fingerprint density at radius 2 is 1.41 bits per heavy atom. The van der Waals surface area contributed by atoms with E-state index in [2.05, 4.69) is 0 Å². The third kappa shape index (κ3) is 1.26. The highest BCUT2D eigenvalue weighted by Crippen LogP contribution is 2.44. The molecule has 0 saturated carbocycles. The number of benzene rings is 2. The van der Waals surface area contributed by atoms with Gasteiger partial charge >= 0.3 is 0 Å². The lowest BCUT2D eigenvalue weighted by molar-refractivity contribution is 0.599. The van der Waals surface area contributed by atoms with E-state index in [1.165, 1.54) is 12.1 Å². The lowest BCUT2D eigenvalue weighted by atomic mass is 10.1. The Labute approximate surface area is 98.8 Å². The van der Waals surface area contributed by atoms with Gasteiger partial charge in [0.1, 0.15) is 0 Å². The van der Waals surface area contributed by atoms with Crippen LogP contribution >= 0.6 is 0 Å². The second-order valence-electron chi connectivity index (χ2n) is 4.01. The van der Waals surface area contributed by atoms with Gasteiger partial charge in [0.05, 0.1) is 9.79 Å².